The molecule has 1 heterocycles. The van der Waals surface area contributed by atoms with Crippen molar-refractivity contribution in [3.05, 3.63) is 47.7 Å². The fraction of sp³-hybridized carbons (Fsp3) is 0.200. The number of aliphatic carboxylic acids is 1. The minimum Gasteiger partial charge on any atom is -0.478 e. The van der Waals surface area contributed by atoms with Gasteiger partial charge < -0.3 is 5.11 Å². The molecule has 1 aliphatic carbocycles. The molecule has 0 aliphatic heterocycles. The van der Waals surface area contributed by atoms with Crippen LogP contribution in [0.5, 0.6) is 0 Å². The predicted molar refractivity (Wildman–Crippen MR) is 70.4 cm³/mol. The Morgan fingerprint density at radius 3 is 2.89 bits per heavy atom. The van der Waals surface area contributed by atoms with Crippen molar-refractivity contribution in [2.75, 3.05) is 0 Å². The Kier molecular flexibility index (Phi) is 2.59. The molecule has 0 spiro atoms. The molecule has 1 aromatic carbocycles. The lowest BCUT2D eigenvalue weighted by molar-refractivity contribution is -0.131. The number of carboxylic acid groups (broad SMARTS) is 1. The van der Waals surface area contributed by atoms with Crippen LogP contribution in [-0.4, -0.2) is 16.1 Å². The Bertz CT molecular complexity index is 642. The van der Waals surface area contributed by atoms with Crippen LogP contribution >= 0.6 is 0 Å². The maximum Gasteiger partial charge on any atom is 0.328 e. The highest BCUT2D eigenvalue weighted by Gasteiger charge is 2.23. The molecular formula is C15H13NO2. The van der Waals surface area contributed by atoms with Crippen molar-refractivity contribution in [2.24, 2.45) is 0 Å². The summed E-state index contributed by atoms with van der Waals surface area (Å²) in [6, 6.07) is 8.01. The largest absolute Gasteiger partial charge is 0.478 e. The Morgan fingerprint density at radius 2 is 2.17 bits per heavy atom. The van der Waals surface area contributed by atoms with Crippen LogP contribution < -0.4 is 0 Å². The first kappa shape index (κ1) is 11.0. The van der Waals surface area contributed by atoms with E-state index in [9.17, 15) is 4.79 Å². The second kappa shape index (κ2) is 4.26. The van der Waals surface area contributed by atoms with Gasteiger partial charge >= 0.3 is 5.97 Å². The van der Waals surface area contributed by atoms with Crippen molar-refractivity contribution in [1.29, 1.82) is 0 Å². The van der Waals surface area contributed by atoms with E-state index in [-0.39, 0.29) is 0 Å². The Hall–Kier alpha value is -2.16. The van der Waals surface area contributed by atoms with Gasteiger partial charge in [0.2, 0.25) is 0 Å². The SMILES string of the molecule is O=C(O)/C=C/c1ccc2cc(C3CC3)cnc2c1. The van der Waals surface area contributed by atoms with Crippen molar-refractivity contribution in [3.8, 4) is 0 Å². The zero-order chi connectivity index (χ0) is 12.5. The number of aromatic nitrogens is 1. The number of hydrogen-bond donors (Lipinski definition) is 1. The van der Waals surface area contributed by atoms with Gasteiger partial charge in [-0.1, -0.05) is 12.1 Å². The van der Waals surface area contributed by atoms with Crippen LogP contribution in [0.1, 0.15) is 29.9 Å². The summed E-state index contributed by atoms with van der Waals surface area (Å²) in [5.41, 5.74) is 3.08. The molecule has 2 aromatic rings. The van der Waals surface area contributed by atoms with Gasteiger partial charge in [0.25, 0.3) is 0 Å². The topological polar surface area (TPSA) is 50.2 Å². The molecule has 0 atom stereocenters. The van der Waals surface area contributed by atoms with Gasteiger partial charge in [0.05, 0.1) is 5.52 Å². The number of carboxylic acids is 1. The molecule has 90 valence electrons. The molecule has 1 N–H and O–H groups in total. The molecule has 0 saturated heterocycles. The third-order valence-electron chi connectivity index (χ3n) is 3.20. The van der Waals surface area contributed by atoms with E-state index < -0.39 is 5.97 Å². The van der Waals surface area contributed by atoms with Crippen LogP contribution in [-0.2, 0) is 4.79 Å². The summed E-state index contributed by atoms with van der Waals surface area (Å²) in [5, 5.41) is 9.71. The summed E-state index contributed by atoms with van der Waals surface area (Å²) in [4.78, 5) is 14.9. The van der Waals surface area contributed by atoms with E-state index in [1.165, 1.54) is 18.4 Å². The lowest BCUT2D eigenvalue weighted by atomic mass is 10.1. The van der Waals surface area contributed by atoms with E-state index in [1.54, 1.807) is 6.08 Å². The molecule has 0 radical (unpaired) electrons. The number of pyridine rings is 1. The number of hydrogen-bond acceptors (Lipinski definition) is 2. The fourth-order valence-corrected chi connectivity index (χ4v) is 2.07. The summed E-state index contributed by atoms with van der Waals surface area (Å²) in [6.07, 6.45) is 7.20. The Balaban J connectivity index is 1.97. The van der Waals surface area contributed by atoms with E-state index in [1.807, 2.05) is 24.4 Å². The first-order valence-corrected chi connectivity index (χ1v) is 6.03. The first-order valence-electron chi connectivity index (χ1n) is 6.03. The molecule has 3 nitrogen and oxygen atoms in total. The minimum absolute atomic E-state index is 0.702. The molecule has 1 fully saturated rings. The Morgan fingerprint density at radius 1 is 1.33 bits per heavy atom. The van der Waals surface area contributed by atoms with E-state index in [0.29, 0.717) is 5.92 Å². The maximum absolute atomic E-state index is 10.5. The van der Waals surface area contributed by atoms with Gasteiger partial charge in [-0.05, 0) is 48.1 Å². The third-order valence-corrected chi connectivity index (χ3v) is 3.20. The molecule has 1 aliphatic rings. The zero-order valence-electron chi connectivity index (χ0n) is 9.84. The standard InChI is InChI=1S/C15H13NO2/c17-15(18)6-2-10-1-3-12-8-13(11-4-5-11)9-16-14(12)7-10/h1-3,6-9,11H,4-5H2,(H,17,18)/b6-2+. The number of rotatable bonds is 3. The lowest BCUT2D eigenvalue weighted by Gasteiger charge is -2.02. The summed E-state index contributed by atoms with van der Waals surface area (Å²) < 4.78 is 0. The molecule has 3 heteroatoms. The van der Waals surface area contributed by atoms with Gasteiger partial charge in [-0.25, -0.2) is 4.79 Å². The lowest BCUT2D eigenvalue weighted by Crippen LogP contribution is -1.87. The zero-order valence-corrected chi connectivity index (χ0v) is 9.84. The van der Waals surface area contributed by atoms with Gasteiger partial charge in [0.1, 0.15) is 0 Å². The number of carbonyl (C=O) groups is 1. The highest BCUT2D eigenvalue weighted by atomic mass is 16.4. The van der Waals surface area contributed by atoms with Crippen molar-refractivity contribution in [1.82, 2.24) is 4.98 Å². The molecule has 18 heavy (non-hydrogen) atoms. The highest BCUT2D eigenvalue weighted by molar-refractivity contribution is 5.87. The van der Waals surface area contributed by atoms with Crippen molar-refractivity contribution < 1.29 is 9.90 Å². The third kappa shape index (κ3) is 2.25. The average Bonchev–Trinajstić information content (AvgIpc) is 3.19. The molecule has 0 bridgehead atoms. The normalized spacial score (nSPS) is 15.3. The molecular weight excluding hydrogens is 226 g/mol. The quantitative estimate of drug-likeness (QED) is 0.837. The first-order chi connectivity index (χ1) is 8.72. The van der Waals surface area contributed by atoms with Gasteiger partial charge in [-0.3, -0.25) is 4.98 Å². The maximum atomic E-state index is 10.5. The number of benzene rings is 1. The van der Waals surface area contributed by atoms with Gasteiger partial charge in [0.15, 0.2) is 0 Å². The van der Waals surface area contributed by atoms with Crippen LogP contribution in [0.25, 0.3) is 17.0 Å². The van der Waals surface area contributed by atoms with Crippen molar-refractivity contribution in [2.45, 2.75) is 18.8 Å². The fourth-order valence-electron chi connectivity index (χ4n) is 2.07. The number of nitrogens with zero attached hydrogens (tertiary/aromatic N) is 1. The van der Waals surface area contributed by atoms with Crippen molar-refractivity contribution >= 4 is 22.9 Å². The second-order valence-corrected chi connectivity index (χ2v) is 4.67. The summed E-state index contributed by atoms with van der Waals surface area (Å²) in [7, 11) is 0. The van der Waals surface area contributed by atoms with Crippen LogP contribution in [0.4, 0.5) is 0 Å². The van der Waals surface area contributed by atoms with Crippen LogP contribution in [0, 0.1) is 0 Å². The monoisotopic (exact) mass is 239 g/mol. The molecule has 0 unspecified atom stereocenters. The van der Waals surface area contributed by atoms with Crippen molar-refractivity contribution in [3.63, 3.8) is 0 Å². The van der Waals surface area contributed by atoms with Gasteiger partial charge in [-0.15, -0.1) is 0 Å². The molecule has 1 aromatic heterocycles. The van der Waals surface area contributed by atoms with E-state index >= 15 is 0 Å². The van der Waals surface area contributed by atoms with E-state index in [0.717, 1.165) is 22.5 Å². The Labute approximate surface area is 105 Å². The number of fused-ring (bicyclic) bond motifs is 1. The average molecular weight is 239 g/mol. The predicted octanol–water partition coefficient (Wildman–Crippen LogP) is 3.21. The van der Waals surface area contributed by atoms with Crippen LogP contribution in [0.3, 0.4) is 0 Å². The van der Waals surface area contributed by atoms with Gasteiger partial charge in [-0.2, -0.15) is 0 Å². The van der Waals surface area contributed by atoms with Crippen LogP contribution in [0.2, 0.25) is 0 Å². The minimum atomic E-state index is -0.938. The van der Waals surface area contributed by atoms with Crippen LogP contribution in [0.15, 0.2) is 36.5 Å². The van der Waals surface area contributed by atoms with Gasteiger partial charge in [0, 0.05) is 17.7 Å². The van der Waals surface area contributed by atoms with E-state index in [4.69, 9.17) is 5.11 Å². The smallest absolute Gasteiger partial charge is 0.328 e. The molecule has 0 amide bonds. The summed E-state index contributed by atoms with van der Waals surface area (Å²) in [5.74, 6) is -0.236. The van der Waals surface area contributed by atoms with E-state index in [2.05, 4.69) is 11.1 Å². The summed E-state index contributed by atoms with van der Waals surface area (Å²) in [6.45, 7) is 0. The second-order valence-electron chi connectivity index (χ2n) is 4.67. The molecule has 3 rings (SSSR count). The summed E-state index contributed by atoms with van der Waals surface area (Å²) >= 11 is 0. The highest BCUT2D eigenvalue weighted by Crippen LogP contribution is 2.40. The molecule has 1 saturated carbocycles.